The molecule has 0 saturated carbocycles. The standard InChI is InChI=1S/C13H10F3NO/c14-9-5-11(16)13(17)12(6-9)18-7-8-3-1-2-4-10(8)15/h1-6H,7,17H2. The summed E-state index contributed by atoms with van der Waals surface area (Å²) < 4.78 is 44.5. The smallest absolute Gasteiger partial charge is 0.152 e. The Labute approximate surface area is 102 Å². The van der Waals surface area contributed by atoms with Crippen LogP contribution in [0.2, 0.25) is 0 Å². The number of benzene rings is 2. The molecule has 0 atom stereocenters. The Morgan fingerprint density at radius 3 is 2.44 bits per heavy atom. The van der Waals surface area contributed by atoms with E-state index in [1.807, 2.05) is 0 Å². The molecule has 0 heterocycles. The maximum atomic E-state index is 13.3. The monoisotopic (exact) mass is 253 g/mol. The molecule has 0 fully saturated rings. The van der Waals surface area contributed by atoms with Gasteiger partial charge in [0.25, 0.3) is 0 Å². The molecular weight excluding hydrogens is 243 g/mol. The van der Waals surface area contributed by atoms with Gasteiger partial charge in [-0.05, 0) is 6.07 Å². The van der Waals surface area contributed by atoms with Gasteiger partial charge in [0.1, 0.15) is 29.7 Å². The second kappa shape index (κ2) is 5.00. The van der Waals surface area contributed by atoms with Crippen LogP contribution in [-0.2, 0) is 6.61 Å². The Kier molecular flexibility index (Phi) is 3.41. The van der Waals surface area contributed by atoms with Crippen molar-refractivity contribution in [3.8, 4) is 5.75 Å². The van der Waals surface area contributed by atoms with Crippen LogP contribution in [0.3, 0.4) is 0 Å². The van der Waals surface area contributed by atoms with Gasteiger partial charge in [-0.25, -0.2) is 13.2 Å². The highest BCUT2D eigenvalue weighted by molar-refractivity contribution is 5.53. The lowest BCUT2D eigenvalue weighted by Crippen LogP contribution is -2.02. The first kappa shape index (κ1) is 12.3. The molecule has 0 radical (unpaired) electrons. The predicted octanol–water partition coefficient (Wildman–Crippen LogP) is 3.27. The molecule has 2 N–H and O–H groups in total. The van der Waals surface area contributed by atoms with E-state index in [1.54, 1.807) is 6.07 Å². The van der Waals surface area contributed by atoms with Gasteiger partial charge in [-0.15, -0.1) is 0 Å². The van der Waals surface area contributed by atoms with E-state index in [0.717, 1.165) is 6.07 Å². The summed E-state index contributed by atoms with van der Waals surface area (Å²) in [6.45, 7) is -0.153. The van der Waals surface area contributed by atoms with Crippen molar-refractivity contribution in [3.63, 3.8) is 0 Å². The molecule has 0 spiro atoms. The van der Waals surface area contributed by atoms with E-state index >= 15 is 0 Å². The topological polar surface area (TPSA) is 35.2 Å². The van der Waals surface area contributed by atoms with Crippen molar-refractivity contribution >= 4 is 5.69 Å². The Hall–Kier alpha value is -2.17. The molecule has 2 aromatic rings. The summed E-state index contributed by atoms with van der Waals surface area (Å²) >= 11 is 0. The average molecular weight is 253 g/mol. The van der Waals surface area contributed by atoms with Gasteiger partial charge in [0.2, 0.25) is 0 Å². The highest BCUT2D eigenvalue weighted by atomic mass is 19.1. The Balaban J connectivity index is 2.18. The van der Waals surface area contributed by atoms with Crippen LogP contribution in [0.1, 0.15) is 5.56 Å². The molecule has 0 amide bonds. The molecule has 18 heavy (non-hydrogen) atoms. The largest absolute Gasteiger partial charge is 0.486 e. The van der Waals surface area contributed by atoms with Gasteiger partial charge < -0.3 is 10.5 Å². The number of hydrogen-bond acceptors (Lipinski definition) is 2. The average Bonchev–Trinajstić information content (AvgIpc) is 2.33. The fourth-order valence-electron chi connectivity index (χ4n) is 1.45. The predicted molar refractivity (Wildman–Crippen MR) is 61.5 cm³/mol. The number of nitrogen functional groups attached to an aromatic ring is 1. The molecule has 0 saturated heterocycles. The molecule has 0 aliphatic rings. The minimum atomic E-state index is -0.904. The Morgan fingerprint density at radius 2 is 1.72 bits per heavy atom. The van der Waals surface area contributed by atoms with Crippen molar-refractivity contribution in [1.29, 1.82) is 0 Å². The van der Waals surface area contributed by atoms with Gasteiger partial charge in [-0.2, -0.15) is 0 Å². The fraction of sp³-hybridized carbons (Fsp3) is 0.0769. The van der Waals surface area contributed by atoms with Crippen LogP contribution in [0.15, 0.2) is 36.4 Å². The van der Waals surface area contributed by atoms with Crippen molar-refractivity contribution in [3.05, 3.63) is 59.4 Å². The number of hydrogen-bond donors (Lipinski definition) is 1. The molecule has 2 rings (SSSR count). The molecule has 0 unspecified atom stereocenters. The first-order valence-corrected chi connectivity index (χ1v) is 5.18. The lowest BCUT2D eigenvalue weighted by atomic mass is 10.2. The van der Waals surface area contributed by atoms with Gasteiger partial charge >= 0.3 is 0 Å². The Bertz CT molecular complexity index is 572. The zero-order chi connectivity index (χ0) is 13.1. The van der Waals surface area contributed by atoms with E-state index in [0.29, 0.717) is 6.07 Å². The summed E-state index contributed by atoms with van der Waals surface area (Å²) in [5.41, 5.74) is 5.37. The van der Waals surface area contributed by atoms with Crippen molar-refractivity contribution in [2.45, 2.75) is 6.61 Å². The van der Waals surface area contributed by atoms with E-state index in [1.165, 1.54) is 18.2 Å². The molecule has 0 aliphatic heterocycles. The third-order valence-corrected chi connectivity index (χ3v) is 2.40. The zero-order valence-electron chi connectivity index (χ0n) is 9.29. The maximum absolute atomic E-state index is 13.3. The number of ether oxygens (including phenoxy) is 1. The molecule has 0 aromatic heterocycles. The fourth-order valence-corrected chi connectivity index (χ4v) is 1.45. The van der Waals surface area contributed by atoms with Crippen LogP contribution in [0.25, 0.3) is 0 Å². The van der Waals surface area contributed by atoms with E-state index in [9.17, 15) is 13.2 Å². The van der Waals surface area contributed by atoms with Gasteiger partial charge in [-0.3, -0.25) is 0 Å². The van der Waals surface area contributed by atoms with Gasteiger partial charge in [-0.1, -0.05) is 18.2 Å². The summed E-state index contributed by atoms with van der Waals surface area (Å²) in [5, 5.41) is 0. The normalized spacial score (nSPS) is 10.4. The summed E-state index contributed by atoms with van der Waals surface area (Å²) in [5.74, 6) is -2.30. The minimum Gasteiger partial charge on any atom is -0.486 e. The van der Waals surface area contributed by atoms with Crippen molar-refractivity contribution < 1.29 is 17.9 Å². The van der Waals surface area contributed by atoms with E-state index in [-0.39, 0.29) is 23.6 Å². The molecular formula is C13H10F3NO. The second-order valence-corrected chi connectivity index (χ2v) is 3.68. The van der Waals surface area contributed by atoms with Crippen LogP contribution in [0.5, 0.6) is 5.75 Å². The molecule has 5 heteroatoms. The third-order valence-electron chi connectivity index (χ3n) is 2.40. The van der Waals surface area contributed by atoms with Gasteiger partial charge in [0.05, 0.1) is 0 Å². The van der Waals surface area contributed by atoms with Crippen molar-refractivity contribution in [2.24, 2.45) is 0 Å². The summed E-state index contributed by atoms with van der Waals surface area (Å²) in [6, 6.07) is 7.58. The highest BCUT2D eigenvalue weighted by Gasteiger charge is 2.10. The van der Waals surface area contributed by atoms with Crippen LogP contribution < -0.4 is 10.5 Å². The molecule has 0 bridgehead atoms. The SMILES string of the molecule is Nc1c(F)cc(F)cc1OCc1ccccc1F. The van der Waals surface area contributed by atoms with Crippen molar-refractivity contribution in [2.75, 3.05) is 5.73 Å². The summed E-state index contributed by atoms with van der Waals surface area (Å²) in [6.07, 6.45) is 0. The van der Waals surface area contributed by atoms with Crippen molar-refractivity contribution in [1.82, 2.24) is 0 Å². The van der Waals surface area contributed by atoms with E-state index in [4.69, 9.17) is 10.5 Å². The van der Waals surface area contributed by atoms with E-state index < -0.39 is 17.5 Å². The third kappa shape index (κ3) is 2.56. The summed E-state index contributed by atoms with van der Waals surface area (Å²) in [4.78, 5) is 0. The van der Waals surface area contributed by atoms with E-state index in [2.05, 4.69) is 0 Å². The Morgan fingerprint density at radius 1 is 1.00 bits per heavy atom. The van der Waals surface area contributed by atoms with Crippen LogP contribution in [0.4, 0.5) is 18.9 Å². The number of nitrogens with two attached hydrogens (primary N) is 1. The number of anilines is 1. The minimum absolute atomic E-state index is 0.143. The summed E-state index contributed by atoms with van der Waals surface area (Å²) in [7, 11) is 0. The van der Waals surface area contributed by atoms with Crippen LogP contribution in [0, 0.1) is 17.5 Å². The number of rotatable bonds is 3. The molecule has 2 aromatic carbocycles. The quantitative estimate of drug-likeness (QED) is 0.852. The first-order valence-electron chi connectivity index (χ1n) is 5.18. The molecule has 0 aliphatic carbocycles. The highest BCUT2D eigenvalue weighted by Crippen LogP contribution is 2.26. The first-order chi connectivity index (χ1) is 8.58. The lowest BCUT2D eigenvalue weighted by Gasteiger charge is -2.10. The lowest BCUT2D eigenvalue weighted by molar-refractivity contribution is 0.298. The van der Waals surface area contributed by atoms with Crippen LogP contribution in [-0.4, -0.2) is 0 Å². The molecule has 2 nitrogen and oxygen atoms in total. The second-order valence-electron chi connectivity index (χ2n) is 3.68. The van der Waals surface area contributed by atoms with Gasteiger partial charge in [0.15, 0.2) is 5.82 Å². The van der Waals surface area contributed by atoms with Gasteiger partial charge in [0, 0.05) is 17.7 Å². The maximum Gasteiger partial charge on any atom is 0.152 e. The van der Waals surface area contributed by atoms with Crippen LogP contribution >= 0.6 is 0 Å². The zero-order valence-corrected chi connectivity index (χ0v) is 9.29. The number of halogens is 3. The molecule has 94 valence electrons.